The fourth-order valence-electron chi connectivity index (χ4n) is 4.89. The highest BCUT2D eigenvalue weighted by Gasteiger charge is 2.51. The van der Waals surface area contributed by atoms with Crippen LogP contribution in [0.25, 0.3) is 0 Å². The van der Waals surface area contributed by atoms with E-state index in [-0.39, 0.29) is 29.1 Å². The predicted molar refractivity (Wildman–Crippen MR) is 95.1 cm³/mol. The molecule has 0 aromatic rings. The SMILES string of the molecule is CC1(C)CCCC2=C1C[C@@H]1C(=O)N(CCC[N+](C)(C)C)C(=O)[C@@H]1C2. The van der Waals surface area contributed by atoms with Crippen molar-refractivity contribution in [3.05, 3.63) is 11.1 Å². The Morgan fingerprint density at radius 3 is 2.33 bits per heavy atom. The second-order valence-corrected chi connectivity index (χ2v) is 9.64. The number of nitrogens with zero attached hydrogens (tertiary/aromatic N) is 2. The van der Waals surface area contributed by atoms with Crippen molar-refractivity contribution in [3.8, 4) is 0 Å². The Kier molecular flexibility index (Phi) is 4.40. The Balaban J connectivity index is 1.73. The zero-order chi connectivity index (χ0) is 17.7. The Bertz CT molecular complexity index is 583. The van der Waals surface area contributed by atoms with Gasteiger partial charge < -0.3 is 4.48 Å². The van der Waals surface area contributed by atoms with Gasteiger partial charge >= 0.3 is 0 Å². The van der Waals surface area contributed by atoms with Gasteiger partial charge in [0.2, 0.25) is 11.8 Å². The lowest BCUT2D eigenvalue weighted by atomic mass is 9.63. The maximum absolute atomic E-state index is 12.9. The number of quaternary nitrogens is 1. The summed E-state index contributed by atoms with van der Waals surface area (Å²) < 4.78 is 0.868. The van der Waals surface area contributed by atoms with E-state index in [1.807, 2.05) is 0 Å². The number of carbonyl (C=O) groups excluding carboxylic acids is 2. The molecule has 0 saturated carbocycles. The molecule has 0 aromatic carbocycles. The molecule has 0 bridgehead atoms. The lowest BCUT2D eigenvalue weighted by Gasteiger charge is -2.40. The Morgan fingerprint density at radius 1 is 1.08 bits per heavy atom. The van der Waals surface area contributed by atoms with Crippen LogP contribution in [0.1, 0.15) is 52.4 Å². The second kappa shape index (κ2) is 5.98. The maximum Gasteiger partial charge on any atom is 0.233 e. The van der Waals surface area contributed by atoms with Crippen molar-refractivity contribution in [2.24, 2.45) is 17.3 Å². The summed E-state index contributed by atoms with van der Waals surface area (Å²) in [4.78, 5) is 27.3. The zero-order valence-electron chi connectivity index (χ0n) is 16.0. The van der Waals surface area contributed by atoms with E-state index >= 15 is 0 Å². The van der Waals surface area contributed by atoms with Crippen LogP contribution in [-0.2, 0) is 9.59 Å². The highest BCUT2D eigenvalue weighted by molar-refractivity contribution is 6.05. The molecule has 0 radical (unpaired) electrons. The highest BCUT2D eigenvalue weighted by atomic mass is 16.2. The molecule has 0 spiro atoms. The number of likely N-dealkylation sites (tertiary alicyclic amines) is 1. The maximum atomic E-state index is 12.9. The van der Waals surface area contributed by atoms with Crippen LogP contribution in [0.3, 0.4) is 0 Å². The topological polar surface area (TPSA) is 37.4 Å². The molecule has 1 fully saturated rings. The summed E-state index contributed by atoms with van der Waals surface area (Å²) in [7, 11) is 6.44. The van der Waals surface area contributed by atoms with E-state index in [1.165, 1.54) is 24.0 Å². The van der Waals surface area contributed by atoms with Crippen molar-refractivity contribution < 1.29 is 14.1 Å². The van der Waals surface area contributed by atoms with Gasteiger partial charge in [0.25, 0.3) is 0 Å². The van der Waals surface area contributed by atoms with Gasteiger partial charge in [0, 0.05) is 13.0 Å². The number of hydrogen-bond acceptors (Lipinski definition) is 2. The standard InChI is InChI=1S/C20H33N2O2/c1-20(2)9-6-8-14-12-15-16(13-17(14)20)19(24)21(18(15)23)10-7-11-22(3,4)5/h15-16H,6-13H2,1-5H3/q+1/t15-,16+/m1/s1. The van der Waals surface area contributed by atoms with Gasteiger partial charge in [-0.25, -0.2) is 0 Å². The summed E-state index contributed by atoms with van der Waals surface area (Å²) in [6, 6.07) is 0. The lowest BCUT2D eigenvalue weighted by molar-refractivity contribution is -0.870. The number of carbonyl (C=O) groups is 2. The van der Waals surface area contributed by atoms with Crippen molar-refractivity contribution in [3.63, 3.8) is 0 Å². The Labute approximate surface area is 146 Å². The van der Waals surface area contributed by atoms with Gasteiger partial charge in [-0.2, -0.15) is 0 Å². The first-order chi connectivity index (χ1) is 11.1. The van der Waals surface area contributed by atoms with E-state index in [1.54, 1.807) is 4.90 Å². The van der Waals surface area contributed by atoms with Crippen LogP contribution < -0.4 is 0 Å². The van der Waals surface area contributed by atoms with Crippen LogP contribution >= 0.6 is 0 Å². The van der Waals surface area contributed by atoms with Crippen LogP contribution in [0.5, 0.6) is 0 Å². The van der Waals surface area contributed by atoms with Gasteiger partial charge in [-0.1, -0.05) is 25.0 Å². The first-order valence-electron chi connectivity index (χ1n) is 9.47. The van der Waals surface area contributed by atoms with Crippen LogP contribution in [0, 0.1) is 17.3 Å². The van der Waals surface area contributed by atoms with E-state index in [0.717, 1.165) is 36.7 Å². The monoisotopic (exact) mass is 333 g/mol. The van der Waals surface area contributed by atoms with Gasteiger partial charge in [-0.3, -0.25) is 14.5 Å². The molecule has 3 rings (SSSR count). The Morgan fingerprint density at radius 2 is 1.71 bits per heavy atom. The van der Waals surface area contributed by atoms with Gasteiger partial charge in [0.05, 0.1) is 39.5 Å². The van der Waals surface area contributed by atoms with Gasteiger partial charge in [0.1, 0.15) is 0 Å². The predicted octanol–water partition coefficient (Wildman–Crippen LogP) is 2.98. The molecular formula is C20H33N2O2+. The summed E-state index contributed by atoms with van der Waals surface area (Å²) in [5.74, 6) is 0.0349. The fraction of sp³-hybridized carbons (Fsp3) is 0.800. The van der Waals surface area contributed by atoms with Crippen molar-refractivity contribution in [2.45, 2.75) is 52.4 Å². The molecule has 1 heterocycles. The van der Waals surface area contributed by atoms with E-state index in [4.69, 9.17) is 0 Å². The molecule has 1 aliphatic heterocycles. The molecular weight excluding hydrogens is 300 g/mol. The average molecular weight is 333 g/mol. The van der Waals surface area contributed by atoms with Crippen LogP contribution in [0.2, 0.25) is 0 Å². The smallest absolute Gasteiger partial charge is 0.233 e. The number of rotatable bonds is 4. The minimum Gasteiger partial charge on any atom is -0.331 e. The van der Waals surface area contributed by atoms with Crippen LogP contribution in [0.4, 0.5) is 0 Å². The number of fused-ring (bicyclic) bond motifs is 1. The molecule has 1 saturated heterocycles. The summed E-state index contributed by atoms with van der Waals surface area (Å²) >= 11 is 0. The van der Waals surface area contributed by atoms with Crippen LogP contribution in [0.15, 0.2) is 11.1 Å². The highest BCUT2D eigenvalue weighted by Crippen LogP contribution is 2.51. The van der Waals surface area contributed by atoms with E-state index in [0.29, 0.717) is 6.54 Å². The molecule has 0 N–H and O–H groups in total. The normalized spacial score (nSPS) is 29.8. The number of allylic oxidation sites excluding steroid dienone is 2. The molecule has 4 heteroatoms. The minimum absolute atomic E-state index is 0.0747. The third kappa shape index (κ3) is 3.17. The quantitative estimate of drug-likeness (QED) is 0.451. The molecule has 2 aliphatic carbocycles. The zero-order valence-corrected chi connectivity index (χ0v) is 16.0. The largest absolute Gasteiger partial charge is 0.331 e. The number of imide groups is 1. The summed E-state index contributed by atoms with van der Waals surface area (Å²) in [5, 5.41) is 0. The van der Waals surface area contributed by atoms with Crippen molar-refractivity contribution in [2.75, 3.05) is 34.2 Å². The molecule has 24 heavy (non-hydrogen) atoms. The third-order valence-electron chi connectivity index (χ3n) is 6.28. The second-order valence-electron chi connectivity index (χ2n) is 9.64. The fourth-order valence-corrected chi connectivity index (χ4v) is 4.89. The lowest BCUT2D eigenvalue weighted by Crippen LogP contribution is -2.39. The molecule has 2 atom stereocenters. The van der Waals surface area contributed by atoms with Crippen molar-refractivity contribution in [1.82, 2.24) is 4.90 Å². The Hall–Kier alpha value is -1.16. The number of hydrogen-bond donors (Lipinski definition) is 0. The molecule has 0 unspecified atom stereocenters. The molecule has 0 aromatic heterocycles. The first kappa shape index (κ1) is 17.7. The molecule has 134 valence electrons. The van der Waals surface area contributed by atoms with Crippen molar-refractivity contribution >= 4 is 11.8 Å². The summed E-state index contributed by atoms with van der Waals surface area (Å²) in [6.45, 7) is 6.19. The summed E-state index contributed by atoms with van der Waals surface area (Å²) in [6.07, 6.45) is 6.10. The minimum atomic E-state index is -0.0854. The van der Waals surface area contributed by atoms with Gasteiger partial charge in [-0.15, -0.1) is 0 Å². The van der Waals surface area contributed by atoms with Crippen LogP contribution in [-0.4, -0.2) is 55.4 Å². The average Bonchev–Trinajstić information content (AvgIpc) is 2.69. The summed E-state index contributed by atoms with van der Waals surface area (Å²) in [5.41, 5.74) is 3.19. The van der Waals surface area contributed by atoms with Crippen molar-refractivity contribution in [1.29, 1.82) is 0 Å². The number of amides is 2. The molecule has 3 aliphatic rings. The van der Waals surface area contributed by atoms with Gasteiger partial charge in [-0.05, 0) is 37.5 Å². The first-order valence-corrected chi connectivity index (χ1v) is 9.47. The molecule has 4 nitrogen and oxygen atoms in total. The van der Waals surface area contributed by atoms with E-state index in [2.05, 4.69) is 35.0 Å². The van der Waals surface area contributed by atoms with Gasteiger partial charge in [0.15, 0.2) is 0 Å². The molecule has 2 amide bonds. The van der Waals surface area contributed by atoms with E-state index < -0.39 is 0 Å². The van der Waals surface area contributed by atoms with E-state index in [9.17, 15) is 9.59 Å². The third-order valence-corrected chi connectivity index (χ3v) is 6.28.